The van der Waals surface area contributed by atoms with E-state index in [1.807, 2.05) is 0 Å². The highest BCUT2D eigenvalue weighted by Crippen LogP contribution is 2.38. The summed E-state index contributed by atoms with van der Waals surface area (Å²) in [5.74, 6) is 4.54. The SMILES string of the molecule is CCCCCCCC1CCC(/C=C/COc2ccc(C3CCC(CCC)CC3)cc2)CC1. The van der Waals surface area contributed by atoms with Crippen LogP contribution in [0.1, 0.15) is 128 Å². The van der Waals surface area contributed by atoms with Gasteiger partial charge in [-0.15, -0.1) is 0 Å². The lowest BCUT2D eigenvalue weighted by Crippen LogP contribution is -2.13. The van der Waals surface area contributed by atoms with E-state index >= 15 is 0 Å². The van der Waals surface area contributed by atoms with Crippen molar-refractivity contribution in [2.45, 2.75) is 122 Å². The van der Waals surface area contributed by atoms with E-state index in [9.17, 15) is 0 Å². The number of unbranched alkanes of at least 4 members (excludes halogenated alkanes) is 4. The van der Waals surface area contributed by atoms with Crippen molar-refractivity contribution in [2.75, 3.05) is 6.61 Å². The van der Waals surface area contributed by atoms with Gasteiger partial charge in [0.15, 0.2) is 0 Å². The molecule has 2 fully saturated rings. The van der Waals surface area contributed by atoms with Crippen LogP contribution in [0.5, 0.6) is 5.75 Å². The second-order valence-corrected chi connectivity index (χ2v) is 10.8. The smallest absolute Gasteiger partial charge is 0.119 e. The Labute approximate surface area is 199 Å². The summed E-state index contributed by atoms with van der Waals surface area (Å²) in [6.45, 7) is 5.33. The van der Waals surface area contributed by atoms with Crippen LogP contribution in [0.15, 0.2) is 36.4 Å². The molecule has 1 aromatic rings. The highest BCUT2D eigenvalue weighted by Gasteiger charge is 2.22. The average Bonchev–Trinajstić information content (AvgIpc) is 2.84. The third-order valence-electron chi connectivity index (χ3n) is 8.26. The highest BCUT2D eigenvalue weighted by atomic mass is 16.5. The molecule has 1 nitrogen and oxygen atoms in total. The number of ether oxygens (including phenoxy) is 1. The van der Waals surface area contributed by atoms with Crippen LogP contribution < -0.4 is 4.74 Å². The van der Waals surface area contributed by atoms with Gasteiger partial charge in [-0.05, 0) is 92.7 Å². The van der Waals surface area contributed by atoms with Gasteiger partial charge in [0.25, 0.3) is 0 Å². The van der Waals surface area contributed by atoms with Crippen molar-refractivity contribution in [3.8, 4) is 5.75 Å². The van der Waals surface area contributed by atoms with Crippen molar-refractivity contribution in [3.63, 3.8) is 0 Å². The molecule has 1 aromatic carbocycles. The lowest BCUT2D eigenvalue weighted by atomic mass is 9.77. The van der Waals surface area contributed by atoms with Crippen molar-refractivity contribution in [2.24, 2.45) is 17.8 Å². The molecule has 180 valence electrons. The quantitative estimate of drug-likeness (QED) is 0.220. The minimum atomic E-state index is 0.707. The summed E-state index contributed by atoms with van der Waals surface area (Å²) in [5, 5.41) is 0. The Morgan fingerprint density at radius 3 is 2.06 bits per heavy atom. The number of allylic oxidation sites excluding steroid dienone is 1. The molecular formula is C31H50O. The Morgan fingerprint density at radius 1 is 0.719 bits per heavy atom. The van der Waals surface area contributed by atoms with E-state index in [-0.39, 0.29) is 0 Å². The van der Waals surface area contributed by atoms with Crippen LogP contribution in [0.4, 0.5) is 0 Å². The van der Waals surface area contributed by atoms with Gasteiger partial charge in [-0.1, -0.05) is 89.5 Å². The van der Waals surface area contributed by atoms with Gasteiger partial charge >= 0.3 is 0 Å². The molecule has 32 heavy (non-hydrogen) atoms. The molecule has 0 saturated heterocycles. The lowest BCUT2D eigenvalue weighted by molar-refractivity contribution is 0.287. The fourth-order valence-electron chi connectivity index (χ4n) is 6.13. The largest absolute Gasteiger partial charge is 0.490 e. The summed E-state index contributed by atoms with van der Waals surface area (Å²) in [7, 11) is 0. The Bertz CT molecular complexity index is 614. The first-order valence-electron chi connectivity index (χ1n) is 14.2. The lowest BCUT2D eigenvalue weighted by Gasteiger charge is -2.28. The molecule has 0 radical (unpaired) electrons. The van der Waals surface area contributed by atoms with Crippen molar-refractivity contribution in [1.82, 2.24) is 0 Å². The molecule has 0 N–H and O–H groups in total. The molecule has 1 heteroatoms. The molecule has 2 saturated carbocycles. The zero-order valence-electron chi connectivity index (χ0n) is 21.2. The van der Waals surface area contributed by atoms with E-state index in [0.29, 0.717) is 6.61 Å². The summed E-state index contributed by atoms with van der Waals surface area (Å²) < 4.78 is 6.01. The molecule has 0 aliphatic heterocycles. The van der Waals surface area contributed by atoms with E-state index < -0.39 is 0 Å². The van der Waals surface area contributed by atoms with Crippen LogP contribution in [0.2, 0.25) is 0 Å². The molecule has 0 spiro atoms. The normalized spacial score (nSPS) is 26.4. The minimum Gasteiger partial charge on any atom is -0.490 e. The first-order chi connectivity index (χ1) is 15.8. The van der Waals surface area contributed by atoms with Gasteiger partial charge in [0.2, 0.25) is 0 Å². The van der Waals surface area contributed by atoms with Crippen molar-refractivity contribution in [1.29, 1.82) is 0 Å². The van der Waals surface area contributed by atoms with Gasteiger partial charge in [-0.3, -0.25) is 0 Å². The molecule has 2 aliphatic carbocycles. The average molecular weight is 439 g/mol. The molecule has 0 aromatic heterocycles. The number of rotatable bonds is 13. The van der Waals surface area contributed by atoms with Gasteiger partial charge in [0.05, 0.1) is 0 Å². The second-order valence-electron chi connectivity index (χ2n) is 10.8. The Morgan fingerprint density at radius 2 is 1.38 bits per heavy atom. The predicted octanol–water partition coefficient (Wildman–Crippen LogP) is 9.86. The van der Waals surface area contributed by atoms with Gasteiger partial charge in [-0.25, -0.2) is 0 Å². The van der Waals surface area contributed by atoms with Crippen molar-refractivity contribution < 1.29 is 4.74 Å². The van der Waals surface area contributed by atoms with Crippen LogP contribution in [0, 0.1) is 17.8 Å². The highest BCUT2D eigenvalue weighted by molar-refractivity contribution is 5.29. The number of benzene rings is 1. The van der Waals surface area contributed by atoms with E-state index in [1.54, 1.807) is 0 Å². The second kappa shape index (κ2) is 14.8. The zero-order valence-corrected chi connectivity index (χ0v) is 21.2. The van der Waals surface area contributed by atoms with Crippen molar-refractivity contribution in [3.05, 3.63) is 42.0 Å². The topological polar surface area (TPSA) is 9.23 Å². The molecule has 0 amide bonds. The molecular weight excluding hydrogens is 388 g/mol. The third kappa shape index (κ3) is 8.95. The Balaban J connectivity index is 1.28. The number of hydrogen-bond donors (Lipinski definition) is 0. The van der Waals surface area contributed by atoms with E-state index in [0.717, 1.165) is 29.4 Å². The maximum absolute atomic E-state index is 6.01. The van der Waals surface area contributed by atoms with E-state index in [1.165, 1.54) is 108 Å². The Kier molecular flexibility index (Phi) is 11.8. The standard InChI is InChI=1S/C31H50O/c1-3-5-6-7-8-11-27-13-15-28(16-14-27)12-9-25-32-31-23-21-30(22-24-31)29-19-17-26(10-4-2)18-20-29/h9,12,21-24,26-29H,3-8,10-11,13-20,25H2,1-2H3/b12-9+. The number of hydrogen-bond acceptors (Lipinski definition) is 1. The zero-order chi connectivity index (χ0) is 22.4. The molecule has 0 bridgehead atoms. The van der Waals surface area contributed by atoms with Crippen LogP contribution in [0.25, 0.3) is 0 Å². The fourth-order valence-corrected chi connectivity index (χ4v) is 6.13. The monoisotopic (exact) mass is 438 g/mol. The maximum Gasteiger partial charge on any atom is 0.119 e. The summed E-state index contributed by atoms with van der Waals surface area (Å²) in [5.41, 5.74) is 1.52. The molecule has 0 heterocycles. The summed E-state index contributed by atoms with van der Waals surface area (Å²) in [4.78, 5) is 0. The van der Waals surface area contributed by atoms with Crippen LogP contribution in [-0.2, 0) is 0 Å². The first kappa shape index (κ1) is 25.4. The van der Waals surface area contributed by atoms with E-state index in [2.05, 4.69) is 50.3 Å². The van der Waals surface area contributed by atoms with Gasteiger partial charge < -0.3 is 4.74 Å². The molecule has 2 aliphatic rings. The van der Waals surface area contributed by atoms with Gasteiger partial charge in [0, 0.05) is 0 Å². The Hall–Kier alpha value is -1.24. The maximum atomic E-state index is 6.01. The summed E-state index contributed by atoms with van der Waals surface area (Å²) >= 11 is 0. The molecule has 0 atom stereocenters. The van der Waals surface area contributed by atoms with Crippen LogP contribution >= 0.6 is 0 Å². The van der Waals surface area contributed by atoms with Gasteiger partial charge in [-0.2, -0.15) is 0 Å². The fraction of sp³-hybridized carbons (Fsp3) is 0.742. The van der Waals surface area contributed by atoms with Crippen LogP contribution in [0.3, 0.4) is 0 Å². The third-order valence-corrected chi connectivity index (χ3v) is 8.26. The van der Waals surface area contributed by atoms with Crippen molar-refractivity contribution >= 4 is 0 Å². The molecule has 3 rings (SSSR count). The summed E-state index contributed by atoms with van der Waals surface area (Å²) in [6.07, 6.45) is 27.3. The molecule has 0 unspecified atom stereocenters. The summed E-state index contributed by atoms with van der Waals surface area (Å²) in [6, 6.07) is 9.00. The van der Waals surface area contributed by atoms with Gasteiger partial charge in [0.1, 0.15) is 12.4 Å². The minimum absolute atomic E-state index is 0.707. The van der Waals surface area contributed by atoms with E-state index in [4.69, 9.17) is 4.74 Å². The predicted molar refractivity (Wildman–Crippen MR) is 140 cm³/mol. The van der Waals surface area contributed by atoms with Crippen LogP contribution in [-0.4, -0.2) is 6.61 Å². The first-order valence-corrected chi connectivity index (χ1v) is 14.2.